The van der Waals surface area contributed by atoms with Gasteiger partial charge < -0.3 is 14.8 Å². The van der Waals surface area contributed by atoms with E-state index in [9.17, 15) is 13.2 Å². The Hall–Kier alpha value is -1.64. The number of carbonyl (C=O) groups is 1. The molecule has 7 nitrogen and oxygen atoms in total. The van der Waals surface area contributed by atoms with Crippen molar-refractivity contribution in [2.75, 3.05) is 33.4 Å². The fourth-order valence-corrected chi connectivity index (χ4v) is 5.36. The molecule has 0 radical (unpaired) electrons. The van der Waals surface area contributed by atoms with Crippen LogP contribution in [0.5, 0.6) is 5.75 Å². The van der Waals surface area contributed by atoms with Crippen LogP contribution in [0.2, 0.25) is 0 Å². The number of sulfonamides is 1. The summed E-state index contributed by atoms with van der Waals surface area (Å²) < 4.78 is 38.3. The van der Waals surface area contributed by atoms with E-state index in [0.717, 1.165) is 25.0 Å². The second-order valence-electron chi connectivity index (χ2n) is 7.21. The first-order valence-corrected chi connectivity index (χ1v) is 10.9. The van der Waals surface area contributed by atoms with Crippen LogP contribution in [0.4, 0.5) is 0 Å². The third kappa shape index (κ3) is 4.62. The zero-order valence-electron chi connectivity index (χ0n) is 15.9. The molecule has 1 atom stereocenters. The van der Waals surface area contributed by atoms with Gasteiger partial charge in [0, 0.05) is 32.2 Å². The lowest BCUT2D eigenvalue weighted by atomic mass is 9.97. The van der Waals surface area contributed by atoms with E-state index in [1.807, 2.05) is 13.0 Å². The van der Waals surface area contributed by atoms with Gasteiger partial charge in [-0.25, -0.2) is 8.42 Å². The predicted octanol–water partition coefficient (Wildman–Crippen LogP) is 1.70. The van der Waals surface area contributed by atoms with Crippen molar-refractivity contribution in [3.05, 3.63) is 23.8 Å². The Bertz CT molecular complexity index is 766. The Morgan fingerprint density at radius 2 is 2.04 bits per heavy atom. The van der Waals surface area contributed by atoms with Crippen molar-refractivity contribution in [1.29, 1.82) is 0 Å². The van der Waals surface area contributed by atoms with Crippen molar-refractivity contribution in [2.45, 2.75) is 43.6 Å². The van der Waals surface area contributed by atoms with Crippen LogP contribution in [0.15, 0.2) is 23.1 Å². The number of hydrogen-bond acceptors (Lipinski definition) is 5. The molecule has 2 aliphatic rings. The van der Waals surface area contributed by atoms with Crippen LogP contribution in [0.3, 0.4) is 0 Å². The van der Waals surface area contributed by atoms with Crippen molar-refractivity contribution in [3.63, 3.8) is 0 Å². The van der Waals surface area contributed by atoms with E-state index >= 15 is 0 Å². The summed E-state index contributed by atoms with van der Waals surface area (Å²) in [4.78, 5) is 12.6. The van der Waals surface area contributed by atoms with E-state index in [2.05, 4.69) is 5.32 Å². The molecule has 2 saturated heterocycles. The number of rotatable bonds is 6. The van der Waals surface area contributed by atoms with Gasteiger partial charge in [-0.3, -0.25) is 4.79 Å². The molecule has 0 saturated carbocycles. The van der Waals surface area contributed by atoms with Gasteiger partial charge in [0.25, 0.3) is 0 Å². The van der Waals surface area contributed by atoms with E-state index in [0.29, 0.717) is 38.2 Å². The molecule has 2 fully saturated rings. The highest BCUT2D eigenvalue weighted by Gasteiger charge is 2.34. The number of hydrogen-bond donors (Lipinski definition) is 1. The minimum absolute atomic E-state index is 0.00400. The summed E-state index contributed by atoms with van der Waals surface area (Å²) in [6, 6.07) is 5.13. The molecular formula is C19H28N2O5S. The Balaban J connectivity index is 1.59. The first-order chi connectivity index (χ1) is 12.9. The first-order valence-electron chi connectivity index (χ1n) is 9.46. The lowest BCUT2D eigenvalue weighted by molar-refractivity contribution is -0.126. The lowest BCUT2D eigenvalue weighted by Gasteiger charge is -2.31. The number of nitrogens with zero attached hydrogens (tertiary/aromatic N) is 1. The largest absolute Gasteiger partial charge is 0.495 e. The van der Waals surface area contributed by atoms with Crippen LogP contribution in [-0.4, -0.2) is 58.1 Å². The molecule has 8 heteroatoms. The number of nitrogens with one attached hydrogen (secondary N) is 1. The second-order valence-corrected chi connectivity index (χ2v) is 9.12. The maximum absolute atomic E-state index is 13.0. The minimum Gasteiger partial charge on any atom is -0.495 e. The molecule has 0 bridgehead atoms. The fraction of sp³-hybridized carbons (Fsp3) is 0.632. The molecule has 2 heterocycles. The monoisotopic (exact) mass is 396 g/mol. The summed E-state index contributed by atoms with van der Waals surface area (Å²) in [5.41, 5.74) is 0.859. The van der Waals surface area contributed by atoms with E-state index in [1.54, 1.807) is 12.1 Å². The summed E-state index contributed by atoms with van der Waals surface area (Å²) in [6.45, 7) is 3.81. The maximum atomic E-state index is 13.0. The Labute approximate surface area is 161 Å². The molecule has 1 aromatic carbocycles. The SMILES string of the molecule is COc1ccc(C)cc1S(=O)(=O)N1CCC(C(=O)NCC2CCCO2)CC1. The van der Waals surface area contributed by atoms with Crippen molar-refractivity contribution < 1.29 is 22.7 Å². The fourth-order valence-electron chi connectivity index (χ4n) is 3.65. The molecule has 3 rings (SSSR count). The summed E-state index contributed by atoms with van der Waals surface area (Å²) in [5, 5.41) is 2.95. The molecule has 2 aliphatic heterocycles. The molecule has 0 spiro atoms. The van der Waals surface area contributed by atoms with Gasteiger partial charge in [-0.15, -0.1) is 0 Å². The van der Waals surface area contributed by atoms with Crippen molar-refractivity contribution in [2.24, 2.45) is 5.92 Å². The summed E-state index contributed by atoms with van der Waals surface area (Å²) >= 11 is 0. The van der Waals surface area contributed by atoms with E-state index in [4.69, 9.17) is 9.47 Å². The van der Waals surface area contributed by atoms with Crippen molar-refractivity contribution in [3.8, 4) is 5.75 Å². The van der Waals surface area contributed by atoms with Gasteiger partial charge in [0.05, 0.1) is 13.2 Å². The molecule has 1 aromatic rings. The Morgan fingerprint density at radius 3 is 2.67 bits per heavy atom. The first kappa shape index (κ1) is 20.1. The number of ether oxygens (including phenoxy) is 2. The van der Waals surface area contributed by atoms with E-state index in [-0.39, 0.29) is 22.8 Å². The van der Waals surface area contributed by atoms with E-state index in [1.165, 1.54) is 11.4 Å². The quantitative estimate of drug-likeness (QED) is 0.791. The molecular weight excluding hydrogens is 368 g/mol. The van der Waals surface area contributed by atoms with Gasteiger partial charge >= 0.3 is 0 Å². The van der Waals surface area contributed by atoms with Gasteiger partial charge in [-0.05, 0) is 50.3 Å². The van der Waals surface area contributed by atoms with Crippen LogP contribution in [0, 0.1) is 12.8 Å². The number of aryl methyl sites for hydroxylation is 1. The highest BCUT2D eigenvalue weighted by Crippen LogP contribution is 2.30. The number of carbonyl (C=O) groups excluding carboxylic acids is 1. The highest BCUT2D eigenvalue weighted by molar-refractivity contribution is 7.89. The summed E-state index contributed by atoms with van der Waals surface area (Å²) in [6.07, 6.45) is 3.17. The van der Waals surface area contributed by atoms with Crippen LogP contribution in [0.25, 0.3) is 0 Å². The summed E-state index contributed by atoms with van der Waals surface area (Å²) in [7, 11) is -2.18. The number of benzene rings is 1. The molecule has 27 heavy (non-hydrogen) atoms. The Kier molecular flexibility index (Phi) is 6.39. The minimum atomic E-state index is -3.65. The average molecular weight is 397 g/mol. The number of amides is 1. The summed E-state index contributed by atoms with van der Waals surface area (Å²) in [5.74, 6) is 0.185. The molecule has 0 aromatic heterocycles. The molecule has 150 valence electrons. The Morgan fingerprint density at radius 1 is 1.30 bits per heavy atom. The standard InChI is InChI=1S/C19H28N2O5S/c1-14-5-6-17(25-2)18(12-14)27(23,24)21-9-7-15(8-10-21)19(22)20-13-16-4-3-11-26-16/h5-6,12,15-16H,3-4,7-11,13H2,1-2H3,(H,20,22). The zero-order chi connectivity index (χ0) is 19.4. The number of piperidine rings is 1. The molecule has 1 unspecified atom stereocenters. The maximum Gasteiger partial charge on any atom is 0.246 e. The van der Waals surface area contributed by atoms with Crippen molar-refractivity contribution in [1.82, 2.24) is 9.62 Å². The number of methoxy groups -OCH3 is 1. The van der Waals surface area contributed by atoms with Crippen LogP contribution < -0.4 is 10.1 Å². The van der Waals surface area contributed by atoms with Crippen LogP contribution in [0.1, 0.15) is 31.2 Å². The third-order valence-corrected chi connectivity index (χ3v) is 7.21. The van der Waals surface area contributed by atoms with Gasteiger partial charge in [0.2, 0.25) is 15.9 Å². The van der Waals surface area contributed by atoms with Gasteiger partial charge in [-0.1, -0.05) is 6.07 Å². The van der Waals surface area contributed by atoms with Crippen molar-refractivity contribution >= 4 is 15.9 Å². The smallest absolute Gasteiger partial charge is 0.246 e. The zero-order valence-corrected chi connectivity index (χ0v) is 16.8. The molecule has 1 amide bonds. The highest BCUT2D eigenvalue weighted by atomic mass is 32.2. The molecule has 1 N–H and O–H groups in total. The normalized spacial score (nSPS) is 21.9. The third-order valence-electron chi connectivity index (χ3n) is 5.29. The van der Waals surface area contributed by atoms with Crippen LogP contribution in [-0.2, 0) is 19.6 Å². The van der Waals surface area contributed by atoms with E-state index < -0.39 is 10.0 Å². The second kappa shape index (κ2) is 8.58. The van der Waals surface area contributed by atoms with Crippen LogP contribution >= 0.6 is 0 Å². The van der Waals surface area contributed by atoms with Gasteiger partial charge in [0.15, 0.2) is 0 Å². The van der Waals surface area contributed by atoms with Gasteiger partial charge in [0.1, 0.15) is 10.6 Å². The predicted molar refractivity (Wildman–Crippen MR) is 101 cm³/mol. The lowest BCUT2D eigenvalue weighted by Crippen LogP contribution is -2.44. The molecule has 0 aliphatic carbocycles. The average Bonchev–Trinajstić information content (AvgIpc) is 3.20. The van der Waals surface area contributed by atoms with Gasteiger partial charge in [-0.2, -0.15) is 4.31 Å². The topological polar surface area (TPSA) is 84.9 Å².